The van der Waals surface area contributed by atoms with Gasteiger partial charge in [0.2, 0.25) is 0 Å². The van der Waals surface area contributed by atoms with Crippen molar-refractivity contribution in [3.05, 3.63) is 199 Å². The van der Waals surface area contributed by atoms with Crippen LogP contribution in [0.2, 0.25) is 0 Å². The first kappa shape index (κ1) is 40.0. The third-order valence-electron chi connectivity index (χ3n) is 9.98. The van der Waals surface area contributed by atoms with E-state index in [-0.39, 0.29) is 32.7 Å². The summed E-state index contributed by atoms with van der Waals surface area (Å²) in [4.78, 5) is 4.42. The molecule has 56 heavy (non-hydrogen) atoms. The molecule has 0 aliphatic rings. The molecule has 1 radical (unpaired) electrons. The molecule has 0 fully saturated rings. The minimum Gasteiger partial charge on any atom is -0.386 e. The van der Waals surface area contributed by atoms with E-state index < -0.39 is 0 Å². The molecule has 273 valence electrons. The van der Waals surface area contributed by atoms with Gasteiger partial charge >= 0.3 is 0 Å². The average molecular weight is 805 g/mol. The summed E-state index contributed by atoms with van der Waals surface area (Å²) in [7, 11) is 3.51. The largest absolute Gasteiger partial charge is 0.386 e. The third-order valence-corrected chi connectivity index (χ3v) is 9.98. The summed E-state index contributed by atoms with van der Waals surface area (Å²) in [5.41, 5.74) is 13.0. The molecule has 0 saturated carbocycles. The van der Waals surface area contributed by atoms with E-state index >= 15 is 0 Å². The van der Waals surface area contributed by atoms with E-state index in [4.69, 9.17) is 0 Å². The summed E-state index contributed by atoms with van der Waals surface area (Å²) >= 11 is 0. The molecule has 8 rings (SSSR count). The molecule has 0 atom stereocenters. The van der Waals surface area contributed by atoms with Gasteiger partial charge in [-0.1, -0.05) is 175 Å². The first-order valence-electron chi connectivity index (χ1n) is 18.6. The van der Waals surface area contributed by atoms with Gasteiger partial charge in [-0.2, -0.15) is 0 Å². The summed E-state index contributed by atoms with van der Waals surface area (Å²) in [5.74, 6) is 0. The zero-order valence-electron chi connectivity index (χ0n) is 32.2. The number of rotatable bonds is 9. The molecule has 0 saturated heterocycles. The van der Waals surface area contributed by atoms with Crippen LogP contribution in [-0.2, 0) is 39.1 Å². The molecule has 0 bridgehead atoms. The summed E-state index contributed by atoms with van der Waals surface area (Å²) < 4.78 is 0. The van der Waals surface area contributed by atoms with E-state index in [0.717, 1.165) is 55.9 Å². The van der Waals surface area contributed by atoms with Gasteiger partial charge in [0, 0.05) is 46.8 Å². The predicted octanol–water partition coefficient (Wildman–Crippen LogP) is 13.1. The van der Waals surface area contributed by atoms with Crippen LogP contribution in [0.25, 0.3) is 60.6 Å². The molecule has 0 spiro atoms. The Balaban J connectivity index is 0.000000601. The maximum atomic E-state index is 10.4. The maximum Gasteiger partial charge on any atom is 0.0868 e. The molecular weight excluding hydrogens is 759 g/mol. The zero-order valence-corrected chi connectivity index (χ0v) is 35.0. The van der Waals surface area contributed by atoms with Gasteiger partial charge in [-0.05, 0) is 98.2 Å². The Hall–Kier alpha value is -5.65. The van der Waals surface area contributed by atoms with E-state index in [9.17, 15) is 5.21 Å². The van der Waals surface area contributed by atoms with Crippen LogP contribution >= 0.6 is 0 Å². The molecule has 8 aromatic carbocycles. The second-order valence-corrected chi connectivity index (χ2v) is 13.6. The van der Waals surface area contributed by atoms with Crippen molar-refractivity contribution in [1.29, 1.82) is 0 Å². The van der Waals surface area contributed by atoms with Crippen molar-refractivity contribution in [2.24, 2.45) is 4.99 Å². The summed E-state index contributed by atoms with van der Waals surface area (Å²) in [5, 5.41) is 19.4. The number of nitrogens with one attached hydrogen (secondary N) is 1. The number of hydrogen-bond acceptors (Lipinski definition) is 4. The number of aryl methyl sites for hydroxylation is 1. The Bertz CT molecular complexity index is 2540. The number of hydrogen-bond donors (Lipinski definition) is 2. The number of benzene rings is 8. The predicted molar refractivity (Wildman–Crippen MR) is 236 cm³/mol. The molecule has 0 amide bonds. The number of nitrogens with zero attached hydrogens (tertiary/aromatic N) is 2. The van der Waals surface area contributed by atoms with Gasteiger partial charge in [0.05, 0.1) is 17.1 Å². The Kier molecular flexibility index (Phi) is 13.4. The molecule has 2 N–H and O–H groups in total. The second-order valence-electron chi connectivity index (χ2n) is 13.6. The molecule has 0 heterocycles. The Morgan fingerprint density at radius 3 is 1.64 bits per heavy atom. The van der Waals surface area contributed by atoms with Gasteiger partial charge in [-0.3, -0.25) is 15.3 Å². The standard InChI is InChI=1S/C44H37N3O.C7H8.Y/c1-45-40(26-20-30-12-11-15-34(28-30)31-13-5-4-6-14-31)32-21-23-33(24-22-32)43-36-16-7-9-18-38(36)44(39-19-10-8-17-37(39)43)35-25-27-41(46-2)42(29-35)47(3)48;1-7-5-3-2-4-6-7;/h4-19,21-29,46,48H,1,20H2,2-3H3;2-6H,1H3;/b40-26-;;. The summed E-state index contributed by atoms with van der Waals surface area (Å²) in [6.45, 7) is 5.99. The quantitative estimate of drug-likeness (QED) is 0.0868. The van der Waals surface area contributed by atoms with Gasteiger partial charge in [0.1, 0.15) is 0 Å². The first-order chi connectivity index (χ1) is 26.9. The number of anilines is 2. The van der Waals surface area contributed by atoms with Crippen LogP contribution in [0, 0.1) is 6.92 Å². The average Bonchev–Trinajstić information content (AvgIpc) is 3.24. The minimum absolute atomic E-state index is 0. The zero-order chi connectivity index (χ0) is 38.1. The van der Waals surface area contributed by atoms with E-state index in [1.54, 1.807) is 7.05 Å². The van der Waals surface area contributed by atoms with Crippen LogP contribution in [0.3, 0.4) is 0 Å². The smallest absolute Gasteiger partial charge is 0.0868 e. The molecule has 4 nitrogen and oxygen atoms in total. The number of fused-ring (bicyclic) bond motifs is 2. The number of allylic oxidation sites excluding steroid dienone is 1. The summed E-state index contributed by atoms with van der Waals surface area (Å²) in [6, 6.07) is 61.4. The third kappa shape index (κ3) is 8.90. The fourth-order valence-corrected chi connectivity index (χ4v) is 7.26. The first-order valence-corrected chi connectivity index (χ1v) is 18.6. The molecule has 0 unspecified atom stereocenters. The maximum absolute atomic E-state index is 10.4. The van der Waals surface area contributed by atoms with Crippen molar-refractivity contribution < 1.29 is 37.9 Å². The van der Waals surface area contributed by atoms with Gasteiger partial charge in [-0.15, -0.1) is 0 Å². The van der Waals surface area contributed by atoms with Crippen molar-refractivity contribution in [2.45, 2.75) is 13.3 Å². The van der Waals surface area contributed by atoms with Gasteiger partial charge in [-0.25, -0.2) is 0 Å². The SMILES string of the molecule is C=N/C(=C\Cc1cccc(-c2ccccc2)c1)c1ccc(-c2c3ccccc3c(-c3ccc(NC)c(N(C)O)c3)c3ccccc23)cc1.Cc1ccccc1.[Y]. The van der Waals surface area contributed by atoms with Gasteiger partial charge in [0.25, 0.3) is 0 Å². The van der Waals surface area contributed by atoms with Crippen molar-refractivity contribution >= 4 is 45.3 Å². The molecular formula is C51H45N3OY. The van der Waals surface area contributed by atoms with Gasteiger partial charge in [0.15, 0.2) is 0 Å². The molecule has 8 aromatic rings. The fourth-order valence-electron chi connectivity index (χ4n) is 7.26. The molecule has 0 aromatic heterocycles. The molecule has 0 aliphatic carbocycles. The normalized spacial score (nSPS) is 11.0. The van der Waals surface area contributed by atoms with Crippen molar-refractivity contribution in [3.8, 4) is 33.4 Å². The van der Waals surface area contributed by atoms with E-state index in [1.165, 1.54) is 38.6 Å². The van der Waals surface area contributed by atoms with Crippen molar-refractivity contribution in [1.82, 2.24) is 0 Å². The number of hydroxylamine groups is 1. The fraction of sp³-hybridized carbons (Fsp3) is 0.0784. The van der Waals surface area contributed by atoms with Crippen LogP contribution in [-0.4, -0.2) is 26.0 Å². The minimum atomic E-state index is 0. The van der Waals surface area contributed by atoms with Crippen LogP contribution in [0.5, 0.6) is 0 Å². The summed E-state index contributed by atoms with van der Waals surface area (Å²) in [6.07, 6.45) is 2.92. The van der Waals surface area contributed by atoms with Crippen molar-refractivity contribution in [2.75, 3.05) is 24.5 Å². The monoisotopic (exact) mass is 804 g/mol. The number of aliphatic imine (C=N–C) groups is 1. The van der Waals surface area contributed by atoms with Crippen LogP contribution in [0.15, 0.2) is 187 Å². The topological polar surface area (TPSA) is 47.9 Å². The van der Waals surface area contributed by atoms with Crippen molar-refractivity contribution in [3.63, 3.8) is 0 Å². The van der Waals surface area contributed by atoms with Crippen LogP contribution in [0.1, 0.15) is 16.7 Å². The van der Waals surface area contributed by atoms with Gasteiger partial charge < -0.3 is 5.32 Å². The Morgan fingerprint density at radius 2 is 1.12 bits per heavy atom. The Labute approximate surface area is 355 Å². The Morgan fingerprint density at radius 1 is 0.607 bits per heavy atom. The van der Waals surface area contributed by atoms with Crippen LogP contribution in [0.4, 0.5) is 11.4 Å². The second kappa shape index (κ2) is 18.8. The van der Waals surface area contributed by atoms with E-state index in [1.807, 2.05) is 43.4 Å². The van der Waals surface area contributed by atoms with Crippen LogP contribution < -0.4 is 10.4 Å². The van der Waals surface area contributed by atoms with E-state index in [0.29, 0.717) is 5.69 Å². The molecule has 0 aliphatic heterocycles. The molecule has 5 heteroatoms. The van der Waals surface area contributed by atoms with E-state index in [2.05, 4.69) is 170 Å².